The minimum atomic E-state index is -0.0814. The van der Waals surface area contributed by atoms with Crippen molar-refractivity contribution < 1.29 is 4.79 Å². The van der Waals surface area contributed by atoms with E-state index < -0.39 is 0 Å². The Bertz CT molecular complexity index is 719. The summed E-state index contributed by atoms with van der Waals surface area (Å²) in [5.74, 6) is -0.0814. The highest BCUT2D eigenvalue weighted by molar-refractivity contribution is 6.00. The zero-order valence-corrected chi connectivity index (χ0v) is 11.0. The average molecular weight is 265 g/mol. The van der Waals surface area contributed by atoms with Crippen LogP contribution in [0.4, 0.5) is 0 Å². The number of rotatable bonds is 4. The molecule has 4 heteroatoms. The first-order valence-electron chi connectivity index (χ1n) is 6.59. The number of amides is 1. The molecule has 0 spiro atoms. The van der Waals surface area contributed by atoms with Gasteiger partial charge in [0.05, 0.1) is 17.3 Å². The topological polar surface area (TPSA) is 46.4 Å². The van der Waals surface area contributed by atoms with Crippen LogP contribution in [0.5, 0.6) is 0 Å². The number of hydrogen-bond acceptors (Lipinski definition) is 2. The molecule has 3 aromatic rings. The molecule has 0 fully saturated rings. The molecule has 2 aromatic heterocycles. The summed E-state index contributed by atoms with van der Waals surface area (Å²) in [6.45, 7) is 0.618. The second kappa shape index (κ2) is 5.57. The van der Waals surface area contributed by atoms with Gasteiger partial charge in [-0.05, 0) is 24.1 Å². The van der Waals surface area contributed by atoms with Crippen LogP contribution < -0.4 is 5.32 Å². The minimum absolute atomic E-state index is 0.0814. The van der Waals surface area contributed by atoms with E-state index in [1.54, 1.807) is 10.7 Å². The van der Waals surface area contributed by atoms with E-state index in [1.807, 2.05) is 42.6 Å². The van der Waals surface area contributed by atoms with Gasteiger partial charge < -0.3 is 5.32 Å². The number of pyridine rings is 1. The zero-order valence-electron chi connectivity index (χ0n) is 11.0. The predicted molar refractivity (Wildman–Crippen MR) is 77.7 cm³/mol. The monoisotopic (exact) mass is 265 g/mol. The van der Waals surface area contributed by atoms with Crippen molar-refractivity contribution in [1.29, 1.82) is 0 Å². The molecule has 1 amide bonds. The van der Waals surface area contributed by atoms with E-state index in [0.29, 0.717) is 12.1 Å². The number of aromatic nitrogens is 2. The van der Waals surface area contributed by atoms with E-state index in [4.69, 9.17) is 0 Å². The summed E-state index contributed by atoms with van der Waals surface area (Å²) in [5.41, 5.74) is 2.65. The van der Waals surface area contributed by atoms with Gasteiger partial charge >= 0.3 is 0 Å². The molecular formula is C16H15N3O. The van der Waals surface area contributed by atoms with E-state index in [1.165, 1.54) is 5.56 Å². The van der Waals surface area contributed by atoms with Crippen LogP contribution in [0, 0.1) is 0 Å². The van der Waals surface area contributed by atoms with Gasteiger partial charge in [-0.15, -0.1) is 0 Å². The van der Waals surface area contributed by atoms with Gasteiger partial charge in [0.25, 0.3) is 5.91 Å². The first-order valence-corrected chi connectivity index (χ1v) is 6.59. The summed E-state index contributed by atoms with van der Waals surface area (Å²) in [4.78, 5) is 12.1. The molecule has 0 bridgehead atoms. The van der Waals surface area contributed by atoms with E-state index >= 15 is 0 Å². The fourth-order valence-electron chi connectivity index (χ4n) is 2.17. The summed E-state index contributed by atoms with van der Waals surface area (Å²) in [6.07, 6.45) is 4.26. The second-order valence-electron chi connectivity index (χ2n) is 4.58. The van der Waals surface area contributed by atoms with Crippen molar-refractivity contribution in [2.75, 3.05) is 6.54 Å². The van der Waals surface area contributed by atoms with Crippen LogP contribution in [0.1, 0.15) is 15.9 Å². The van der Waals surface area contributed by atoms with Crippen LogP contribution in [0.3, 0.4) is 0 Å². The van der Waals surface area contributed by atoms with Gasteiger partial charge in [-0.1, -0.05) is 36.4 Å². The highest BCUT2D eigenvalue weighted by atomic mass is 16.1. The molecule has 0 saturated heterocycles. The Hall–Kier alpha value is -2.62. The predicted octanol–water partition coefficient (Wildman–Crippen LogP) is 2.31. The van der Waals surface area contributed by atoms with Gasteiger partial charge in [-0.25, -0.2) is 4.52 Å². The van der Waals surface area contributed by atoms with E-state index in [9.17, 15) is 4.79 Å². The maximum absolute atomic E-state index is 12.1. The van der Waals surface area contributed by atoms with E-state index in [0.717, 1.165) is 11.9 Å². The van der Waals surface area contributed by atoms with Crippen LogP contribution >= 0.6 is 0 Å². The summed E-state index contributed by atoms with van der Waals surface area (Å²) in [5, 5.41) is 7.10. The highest BCUT2D eigenvalue weighted by Gasteiger charge is 2.11. The zero-order chi connectivity index (χ0) is 13.8. The lowest BCUT2D eigenvalue weighted by atomic mass is 10.1. The van der Waals surface area contributed by atoms with Gasteiger partial charge in [0, 0.05) is 12.7 Å². The maximum atomic E-state index is 12.1. The van der Waals surface area contributed by atoms with Crippen molar-refractivity contribution in [3.8, 4) is 0 Å². The van der Waals surface area contributed by atoms with Crippen molar-refractivity contribution in [2.45, 2.75) is 6.42 Å². The Morgan fingerprint density at radius 3 is 2.75 bits per heavy atom. The number of nitrogens with one attached hydrogen (secondary N) is 1. The quantitative estimate of drug-likeness (QED) is 0.787. The third-order valence-corrected chi connectivity index (χ3v) is 3.21. The molecule has 0 aliphatic heterocycles. The largest absolute Gasteiger partial charge is 0.352 e. The smallest absolute Gasteiger partial charge is 0.255 e. The average Bonchev–Trinajstić information content (AvgIpc) is 2.92. The number of nitrogens with zero attached hydrogens (tertiary/aromatic N) is 2. The van der Waals surface area contributed by atoms with E-state index in [2.05, 4.69) is 22.5 Å². The molecule has 2 heterocycles. The third-order valence-electron chi connectivity index (χ3n) is 3.21. The van der Waals surface area contributed by atoms with Crippen molar-refractivity contribution in [3.05, 3.63) is 72.1 Å². The molecule has 1 aromatic carbocycles. The Kier molecular flexibility index (Phi) is 3.46. The van der Waals surface area contributed by atoms with Crippen LogP contribution in [-0.4, -0.2) is 22.1 Å². The minimum Gasteiger partial charge on any atom is -0.352 e. The lowest BCUT2D eigenvalue weighted by molar-refractivity contribution is 0.0956. The van der Waals surface area contributed by atoms with Crippen molar-refractivity contribution in [3.63, 3.8) is 0 Å². The van der Waals surface area contributed by atoms with Crippen LogP contribution in [-0.2, 0) is 6.42 Å². The number of hydrogen-bond donors (Lipinski definition) is 1. The molecule has 0 atom stereocenters. The summed E-state index contributed by atoms with van der Waals surface area (Å²) >= 11 is 0. The molecule has 4 nitrogen and oxygen atoms in total. The third kappa shape index (κ3) is 2.54. The number of carbonyl (C=O) groups excluding carboxylic acids is 1. The van der Waals surface area contributed by atoms with E-state index in [-0.39, 0.29) is 5.91 Å². The van der Waals surface area contributed by atoms with Crippen LogP contribution in [0.15, 0.2) is 60.9 Å². The molecule has 0 aliphatic carbocycles. The Labute approximate surface area is 117 Å². The molecular weight excluding hydrogens is 250 g/mol. The fraction of sp³-hybridized carbons (Fsp3) is 0.125. The molecule has 100 valence electrons. The van der Waals surface area contributed by atoms with Crippen LogP contribution in [0.25, 0.3) is 5.52 Å². The van der Waals surface area contributed by atoms with Crippen molar-refractivity contribution in [2.24, 2.45) is 0 Å². The highest BCUT2D eigenvalue weighted by Crippen LogP contribution is 2.09. The van der Waals surface area contributed by atoms with Gasteiger partial charge in [0.1, 0.15) is 0 Å². The van der Waals surface area contributed by atoms with Crippen molar-refractivity contribution in [1.82, 2.24) is 14.9 Å². The Balaban J connectivity index is 1.65. The molecule has 0 unspecified atom stereocenters. The molecule has 0 saturated carbocycles. The normalized spacial score (nSPS) is 10.6. The van der Waals surface area contributed by atoms with Crippen LogP contribution in [0.2, 0.25) is 0 Å². The summed E-state index contributed by atoms with van der Waals surface area (Å²) in [6, 6.07) is 15.8. The second-order valence-corrected chi connectivity index (χ2v) is 4.58. The van der Waals surface area contributed by atoms with Gasteiger partial charge in [-0.3, -0.25) is 4.79 Å². The first-order chi connectivity index (χ1) is 9.84. The fourth-order valence-corrected chi connectivity index (χ4v) is 2.17. The molecule has 20 heavy (non-hydrogen) atoms. The number of carbonyl (C=O) groups is 1. The SMILES string of the molecule is O=C(NCCc1ccccc1)c1cnn2ccccc12. The lowest BCUT2D eigenvalue weighted by Crippen LogP contribution is -2.25. The Morgan fingerprint density at radius 2 is 1.90 bits per heavy atom. The van der Waals surface area contributed by atoms with Gasteiger partial charge in [0.15, 0.2) is 0 Å². The maximum Gasteiger partial charge on any atom is 0.255 e. The summed E-state index contributed by atoms with van der Waals surface area (Å²) < 4.78 is 1.70. The molecule has 0 aliphatic rings. The Morgan fingerprint density at radius 1 is 1.10 bits per heavy atom. The standard InChI is InChI=1S/C16H15N3O/c20-16(17-10-9-13-6-2-1-3-7-13)14-12-18-19-11-5-4-8-15(14)19/h1-8,11-12H,9-10H2,(H,17,20). The van der Waals surface area contributed by atoms with Gasteiger partial charge in [0.2, 0.25) is 0 Å². The molecule has 0 radical (unpaired) electrons. The molecule has 1 N–H and O–H groups in total. The number of benzene rings is 1. The number of fused-ring (bicyclic) bond motifs is 1. The first kappa shape index (κ1) is 12.4. The molecule has 3 rings (SSSR count). The lowest BCUT2D eigenvalue weighted by Gasteiger charge is -2.04. The van der Waals surface area contributed by atoms with Gasteiger partial charge in [-0.2, -0.15) is 5.10 Å². The summed E-state index contributed by atoms with van der Waals surface area (Å²) in [7, 11) is 0. The van der Waals surface area contributed by atoms with Crippen molar-refractivity contribution >= 4 is 11.4 Å².